The van der Waals surface area contributed by atoms with Crippen LogP contribution in [0.4, 0.5) is 0 Å². The number of nitrogens with one attached hydrogen (secondary N) is 1. The average Bonchev–Trinajstić information content (AvgIpc) is 2.36. The summed E-state index contributed by atoms with van der Waals surface area (Å²) in [6.07, 6.45) is 0.785. The van der Waals surface area contributed by atoms with Gasteiger partial charge in [0, 0.05) is 13.5 Å². The van der Waals surface area contributed by atoms with Crippen molar-refractivity contribution in [1.82, 2.24) is 5.32 Å². The molecule has 0 aromatic heterocycles. The van der Waals surface area contributed by atoms with E-state index in [0.717, 1.165) is 11.1 Å². The Morgan fingerprint density at radius 1 is 1.32 bits per heavy atom. The van der Waals surface area contributed by atoms with Crippen LogP contribution in [0.5, 0.6) is 0 Å². The first kappa shape index (κ1) is 18.2. The van der Waals surface area contributed by atoms with Gasteiger partial charge in [-0.15, -0.1) is 0 Å². The zero-order chi connectivity index (χ0) is 16.8. The van der Waals surface area contributed by atoms with Crippen LogP contribution in [0.15, 0.2) is 18.2 Å². The Balaban J connectivity index is 2.62. The molecule has 0 aliphatic carbocycles. The van der Waals surface area contributed by atoms with Crippen LogP contribution < -0.4 is 5.32 Å². The Labute approximate surface area is 131 Å². The summed E-state index contributed by atoms with van der Waals surface area (Å²) < 4.78 is 5.03. The van der Waals surface area contributed by atoms with Crippen LogP contribution in [0.3, 0.4) is 0 Å². The predicted molar refractivity (Wildman–Crippen MR) is 84.9 cm³/mol. The van der Waals surface area contributed by atoms with Crippen LogP contribution in [0.1, 0.15) is 36.5 Å². The smallest absolute Gasteiger partial charge is 0.305 e. The second-order valence-electron chi connectivity index (χ2n) is 6.04. The summed E-state index contributed by atoms with van der Waals surface area (Å²) >= 11 is 0. The molecular formula is C17H25NO4. The van der Waals surface area contributed by atoms with Crippen molar-refractivity contribution in [2.75, 3.05) is 13.7 Å². The lowest BCUT2D eigenvalue weighted by Gasteiger charge is -2.28. The molecule has 1 amide bonds. The van der Waals surface area contributed by atoms with Crippen LogP contribution in [0.2, 0.25) is 0 Å². The number of hydrogen-bond acceptors (Lipinski definition) is 3. The van der Waals surface area contributed by atoms with Crippen LogP contribution in [0, 0.1) is 13.8 Å². The molecule has 122 valence electrons. The Kier molecular flexibility index (Phi) is 6.56. The fourth-order valence-corrected chi connectivity index (χ4v) is 2.56. The second kappa shape index (κ2) is 7.94. The highest BCUT2D eigenvalue weighted by molar-refractivity contribution is 5.78. The molecule has 22 heavy (non-hydrogen) atoms. The number of rotatable bonds is 8. The molecule has 0 saturated carbocycles. The standard InChI is InChI=1S/C17H25NO4/c1-12-5-6-14(13(2)9-12)7-8-15(19)18-17(3,11-22-4)10-16(20)21/h5-6,9H,7-8,10-11H2,1-4H3,(H,18,19)(H,20,21). The molecule has 1 aromatic carbocycles. The number of carboxylic acid groups (broad SMARTS) is 1. The van der Waals surface area contributed by atoms with Gasteiger partial charge in [0.05, 0.1) is 18.6 Å². The van der Waals surface area contributed by atoms with E-state index in [1.165, 1.54) is 12.7 Å². The van der Waals surface area contributed by atoms with Crippen molar-refractivity contribution in [3.8, 4) is 0 Å². The lowest BCUT2D eigenvalue weighted by atomic mass is 9.97. The van der Waals surface area contributed by atoms with E-state index in [-0.39, 0.29) is 18.9 Å². The van der Waals surface area contributed by atoms with Crippen LogP contribution in [-0.2, 0) is 20.7 Å². The maximum absolute atomic E-state index is 12.1. The number of aryl methyl sites for hydroxylation is 3. The van der Waals surface area contributed by atoms with Gasteiger partial charge < -0.3 is 15.2 Å². The number of carbonyl (C=O) groups is 2. The molecule has 5 nitrogen and oxygen atoms in total. The lowest BCUT2D eigenvalue weighted by molar-refractivity contribution is -0.139. The van der Waals surface area contributed by atoms with E-state index < -0.39 is 11.5 Å². The number of aliphatic carboxylic acids is 1. The topological polar surface area (TPSA) is 75.6 Å². The number of amides is 1. The van der Waals surface area contributed by atoms with Gasteiger partial charge in [0.15, 0.2) is 0 Å². The summed E-state index contributed by atoms with van der Waals surface area (Å²) in [6.45, 7) is 5.90. The Morgan fingerprint density at radius 2 is 2.00 bits per heavy atom. The number of carbonyl (C=O) groups excluding carboxylic acids is 1. The molecule has 0 saturated heterocycles. The molecular weight excluding hydrogens is 282 g/mol. The summed E-state index contributed by atoms with van der Waals surface area (Å²) in [7, 11) is 1.49. The molecule has 0 radical (unpaired) electrons. The summed E-state index contributed by atoms with van der Waals surface area (Å²) in [5.41, 5.74) is 2.60. The first-order chi connectivity index (χ1) is 10.3. The number of ether oxygens (including phenoxy) is 1. The maximum atomic E-state index is 12.1. The third-order valence-corrected chi connectivity index (χ3v) is 3.56. The average molecular weight is 307 g/mol. The molecule has 1 unspecified atom stereocenters. The van der Waals surface area contributed by atoms with Gasteiger partial charge in [-0.05, 0) is 38.3 Å². The van der Waals surface area contributed by atoms with Gasteiger partial charge in [-0.25, -0.2) is 0 Å². The van der Waals surface area contributed by atoms with Crippen LogP contribution >= 0.6 is 0 Å². The summed E-state index contributed by atoms with van der Waals surface area (Å²) in [5.74, 6) is -1.13. The Hall–Kier alpha value is -1.88. The molecule has 0 fully saturated rings. The minimum absolute atomic E-state index is 0.161. The fraction of sp³-hybridized carbons (Fsp3) is 0.529. The summed E-state index contributed by atoms with van der Waals surface area (Å²) in [6, 6.07) is 6.15. The van der Waals surface area contributed by atoms with Crippen molar-refractivity contribution < 1.29 is 19.4 Å². The van der Waals surface area contributed by atoms with Crippen molar-refractivity contribution in [2.24, 2.45) is 0 Å². The zero-order valence-corrected chi connectivity index (χ0v) is 13.7. The Bertz CT molecular complexity index is 541. The van der Waals surface area contributed by atoms with E-state index in [4.69, 9.17) is 9.84 Å². The third-order valence-electron chi connectivity index (χ3n) is 3.56. The fourth-order valence-electron chi connectivity index (χ4n) is 2.56. The van der Waals surface area contributed by atoms with E-state index in [9.17, 15) is 9.59 Å². The number of benzene rings is 1. The summed E-state index contributed by atoms with van der Waals surface area (Å²) in [5, 5.41) is 11.7. The van der Waals surface area contributed by atoms with Crippen LogP contribution in [0.25, 0.3) is 0 Å². The van der Waals surface area contributed by atoms with Gasteiger partial charge in [-0.1, -0.05) is 23.8 Å². The van der Waals surface area contributed by atoms with Gasteiger partial charge in [-0.3, -0.25) is 9.59 Å². The first-order valence-electron chi connectivity index (χ1n) is 7.33. The first-order valence-corrected chi connectivity index (χ1v) is 7.33. The SMILES string of the molecule is COCC(C)(CC(=O)O)NC(=O)CCc1ccc(C)cc1C. The minimum atomic E-state index is -0.964. The van der Waals surface area contributed by atoms with E-state index in [0.29, 0.717) is 12.8 Å². The van der Waals surface area contributed by atoms with Crippen molar-refractivity contribution in [3.63, 3.8) is 0 Å². The molecule has 2 N–H and O–H groups in total. The highest BCUT2D eigenvalue weighted by Gasteiger charge is 2.29. The maximum Gasteiger partial charge on any atom is 0.305 e. The highest BCUT2D eigenvalue weighted by atomic mass is 16.5. The predicted octanol–water partition coefficient (Wildman–Crippen LogP) is 2.23. The molecule has 1 rings (SSSR count). The van der Waals surface area contributed by atoms with Gasteiger partial charge in [0.2, 0.25) is 5.91 Å². The van der Waals surface area contributed by atoms with E-state index >= 15 is 0 Å². The monoisotopic (exact) mass is 307 g/mol. The van der Waals surface area contributed by atoms with E-state index in [2.05, 4.69) is 11.4 Å². The largest absolute Gasteiger partial charge is 0.481 e. The normalized spacial score (nSPS) is 13.5. The quantitative estimate of drug-likeness (QED) is 0.772. The van der Waals surface area contributed by atoms with Crippen LogP contribution in [-0.4, -0.2) is 36.2 Å². The van der Waals surface area contributed by atoms with Crippen molar-refractivity contribution in [2.45, 2.75) is 45.6 Å². The molecule has 0 aliphatic heterocycles. The molecule has 1 aromatic rings. The zero-order valence-electron chi connectivity index (χ0n) is 13.7. The highest BCUT2D eigenvalue weighted by Crippen LogP contribution is 2.14. The second-order valence-corrected chi connectivity index (χ2v) is 6.04. The molecule has 5 heteroatoms. The minimum Gasteiger partial charge on any atom is -0.481 e. The molecule has 0 aliphatic rings. The summed E-state index contributed by atoms with van der Waals surface area (Å²) in [4.78, 5) is 23.0. The lowest BCUT2D eigenvalue weighted by Crippen LogP contribution is -2.50. The van der Waals surface area contributed by atoms with Crippen molar-refractivity contribution in [3.05, 3.63) is 34.9 Å². The van der Waals surface area contributed by atoms with E-state index in [1.54, 1.807) is 6.92 Å². The molecule has 0 bridgehead atoms. The molecule has 0 heterocycles. The third kappa shape index (κ3) is 5.85. The molecule has 0 spiro atoms. The number of methoxy groups -OCH3 is 1. The van der Waals surface area contributed by atoms with Gasteiger partial charge in [-0.2, -0.15) is 0 Å². The number of carboxylic acids is 1. The van der Waals surface area contributed by atoms with Gasteiger partial charge >= 0.3 is 5.97 Å². The van der Waals surface area contributed by atoms with Gasteiger partial charge in [0.25, 0.3) is 0 Å². The van der Waals surface area contributed by atoms with Gasteiger partial charge in [0.1, 0.15) is 0 Å². The van der Waals surface area contributed by atoms with Crippen molar-refractivity contribution in [1.29, 1.82) is 0 Å². The molecule has 1 atom stereocenters. The Morgan fingerprint density at radius 3 is 2.55 bits per heavy atom. The van der Waals surface area contributed by atoms with E-state index in [1.807, 2.05) is 26.0 Å². The van der Waals surface area contributed by atoms with Crippen molar-refractivity contribution >= 4 is 11.9 Å². The number of hydrogen-bond donors (Lipinski definition) is 2.